The molecule has 1 fully saturated rings. The number of rotatable bonds is 5. The van der Waals surface area contributed by atoms with Crippen LogP contribution in [-0.2, 0) is 13.1 Å². The van der Waals surface area contributed by atoms with E-state index in [1.54, 1.807) is 0 Å². The summed E-state index contributed by atoms with van der Waals surface area (Å²) in [6, 6.07) is 0.542. The van der Waals surface area contributed by atoms with Gasteiger partial charge in [0.05, 0.1) is 6.20 Å². The average Bonchev–Trinajstić information content (AvgIpc) is 2.56. The van der Waals surface area contributed by atoms with Crippen molar-refractivity contribution in [3.8, 4) is 0 Å². The van der Waals surface area contributed by atoms with Gasteiger partial charge in [0.25, 0.3) is 0 Å². The molecule has 1 aromatic rings. The van der Waals surface area contributed by atoms with Gasteiger partial charge in [-0.2, -0.15) is 5.10 Å². The van der Waals surface area contributed by atoms with Crippen molar-refractivity contribution in [1.29, 1.82) is 0 Å². The van der Waals surface area contributed by atoms with Crippen molar-refractivity contribution in [2.45, 2.75) is 52.2 Å². The Kier molecular flexibility index (Phi) is 3.41. The molecule has 3 nitrogen and oxygen atoms in total. The third-order valence-corrected chi connectivity index (χ3v) is 3.07. The fraction of sp³-hybridized carbons (Fsp3) is 0.750. The highest BCUT2D eigenvalue weighted by molar-refractivity contribution is 5.03. The van der Waals surface area contributed by atoms with Crippen molar-refractivity contribution in [3.05, 3.63) is 18.0 Å². The highest BCUT2D eigenvalue weighted by atomic mass is 15.3. The summed E-state index contributed by atoms with van der Waals surface area (Å²) in [7, 11) is 0. The Labute approximate surface area is 91.9 Å². The van der Waals surface area contributed by atoms with Gasteiger partial charge in [0.1, 0.15) is 0 Å². The molecule has 0 spiro atoms. The number of nitrogens with zero attached hydrogens (tertiary/aromatic N) is 2. The Bertz CT molecular complexity index is 300. The molecule has 0 radical (unpaired) electrons. The van der Waals surface area contributed by atoms with Crippen molar-refractivity contribution in [2.75, 3.05) is 0 Å². The monoisotopic (exact) mass is 207 g/mol. The molecule has 15 heavy (non-hydrogen) atoms. The molecule has 84 valence electrons. The van der Waals surface area contributed by atoms with E-state index in [2.05, 4.69) is 35.1 Å². The summed E-state index contributed by atoms with van der Waals surface area (Å²) in [6.45, 7) is 6.38. The molecule has 0 aromatic carbocycles. The van der Waals surface area contributed by atoms with Gasteiger partial charge in [-0.1, -0.05) is 20.3 Å². The molecule has 0 amide bonds. The lowest BCUT2D eigenvalue weighted by molar-refractivity contribution is 0.266. The number of hydrogen-bond acceptors (Lipinski definition) is 2. The number of aromatic nitrogens is 2. The number of nitrogens with one attached hydrogen (secondary N) is 1. The first-order chi connectivity index (χ1) is 7.24. The standard InChI is InChI=1S/C12H21N3/c1-10(2)13-6-12-7-14-15(9-12)8-11-4-3-5-11/h7,9-11,13H,3-6,8H2,1-2H3. The van der Waals surface area contributed by atoms with Crippen LogP contribution in [0.4, 0.5) is 0 Å². The lowest BCUT2D eigenvalue weighted by atomic mass is 9.85. The predicted octanol–water partition coefficient (Wildman–Crippen LogP) is 2.18. The van der Waals surface area contributed by atoms with E-state index in [0.717, 1.165) is 19.0 Å². The molecule has 0 atom stereocenters. The van der Waals surface area contributed by atoms with Crippen LogP contribution in [-0.4, -0.2) is 15.8 Å². The van der Waals surface area contributed by atoms with Crippen LogP contribution in [0.3, 0.4) is 0 Å². The lowest BCUT2D eigenvalue weighted by Gasteiger charge is -2.24. The maximum absolute atomic E-state index is 4.39. The van der Waals surface area contributed by atoms with E-state index in [-0.39, 0.29) is 0 Å². The summed E-state index contributed by atoms with van der Waals surface area (Å²) in [5.41, 5.74) is 1.29. The third-order valence-electron chi connectivity index (χ3n) is 3.07. The summed E-state index contributed by atoms with van der Waals surface area (Å²) in [4.78, 5) is 0. The van der Waals surface area contributed by atoms with E-state index >= 15 is 0 Å². The molecule has 0 aliphatic heterocycles. The van der Waals surface area contributed by atoms with Crippen LogP contribution in [0.15, 0.2) is 12.4 Å². The Morgan fingerprint density at radius 2 is 2.33 bits per heavy atom. The molecular formula is C12H21N3. The molecule has 1 aliphatic rings. The molecular weight excluding hydrogens is 186 g/mol. The van der Waals surface area contributed by atoms with Gasteiger partial charge >= 0.3 is 0 Å². The van der Waals surface area contributed by atoms with Gasteiger partial charge in [-0.05, 0) is 18.8 Å². The zero-order chi connectivity index (χ0) is 10.7. The molecule has 3 heteroatoms. The molecule has 0 bridgehead atoms. The van der Waals surface area contributed by atoms with Crippen molar-refractivity contribution in [3.63, 3.8) is 0 Å². The van der Waals surface area contributed by atoms with Crippen molar-refractivity contribution < 1.29 is 0 Å². The van der Waals surface area contributed by atoms with Crippen LogP contribution in [0.5, 0.6) is 0 Å². The van der Waals surface area contributed by atoms with Crippen molar-refractivity contribution in [2.24, 2.45) is 5.92 Å². The second-order valence-corrected chi connectivity index (χ2v) is 4.90. The van der Waals surface area contributed by atoms with E-state index in [0.29, 0.717) is 6.04 Å². The zero-order valence-corrected chi connectivity index (χ0v) is 9.74. The second kappa shape index (κ2) is 4.79. The van der Waals surface area contributed by atoms with Crippen LogP contribution in [0.25, 0.3) is 0 Å². The van der Waals surface area contributed by atoms with E-state index in [1.165, 1.54) is 24.8 Å². The van der Waals surface area contributed by atoms with E-state index < -0.39 is 0 Å². The fourth-order valence-corrected chi connectivity index (χ4v) is 1.86. The van der Waals surface area contributed by atoms with Crippen LogP contribution in [0.2, 0.25) is 0 Å². The molecule has 1 aromatic heterocycles. The summed E-state index contributed by atoms with van der Waals surface area (Å²) in [5, 5.41) is 7.80. The van der Waals surface area contributed by atoms with E-state index in [1.807, 2.05) is 6.20 Å². The first-order valence-electron chi connectivity index (χ1n) is 5.99. The van der Waals surface area contributed by atoms with Crippen LogP contribution >= 0.6 is 0 Å². The quantitative estimate of drug-likeness (QED) is 0.802. The van der Waals surface area contributed by atoms with Crippen LogP contribution < -0.4 is 5.32 Å². The Morgan fingerprint density at radius 1 is 1.53 bits per heavy atom. The molecule has 1 aliphatic carbocycles. The molecule has 0 unspecified atom stereocenters. The summed E-state index contributed by atoms with van der Waals surface area (Å²) in [5.74, 6) is 0.885. The van der Waals surface area contributed by atoms with Gasteiger partial charge in [-0.25, -0.2) is 0 Å². The Morgan fingerprint density at radius 3 is 2.93 bits per heavy atom. The topological polar surface area (TPSA) is 29.9 Å². The normalized spacial score (nSPS) is 17.0. The van der Waals surface area contributed by atoms with Gasteiger partial charge < -0.3 is 5.32 Å². The molecule has 0 saturated heterocycles. The SMILES string of the molecule is CC(C)NCc1cnn(CC2CCC2)c1. The summed E-state index contributed by atoms with van der Waals surface area (Å²) < 4.78 is 2.10. The lowest BCUT2D eigenvalue weighted by Crippen LogP contribution is -2.21. The predicted molar refractivity (Wildman–Crippen MR) is 61.5 cm³/mol. The Balaban J connectivity index is 1.80. The Hall–Kier alpha value is -0.830. The van der Waals surface area contributed by atoms with Gasteiger partial charge in [0, 0.05) is 30.9 Å². The van der Waals surface area contributed by atoms with Gasteiger partial charge in [0.2, 0.25) is 0 Å². The summed E-state index contributed by atoms with van der Waals surface area (Å²) >= 11 is 0. The highest BCUT2D eigenvalue weighted by Crippen LogP contribution is 2.27. The smallest absolute Gasteiger partial charge is 0.0534 e. The minimum atomic E-state index is 0.542. The van der Waals surface area contributed by atoms with E-state index in [9.17, 15) is 0 Å². The molecule has 1 N–H and O–H groups in total. The van der Waals surface area contributed by atoms with E-state index in [4.69, 9.17) is 0 Å². The van der Waals surface area contributed by atoms with Crippen LogP contribution in [0.1, 0.15) is 38.7 Å². The minimum Gasteiger partial charge on any atom is -0.310 e. The van der Waals surface area contributed by atoms with Gasteiger partial charge in [-0.3, -0.25) is 4.68 Å². The average molecular weight is 207 g/mol. The zero-order valence-electron chi connectivity index (χ0n) is 9.74. The van der Waals surface area contributed by atoms with Crippen molar-refractivity contribution >= 4 is 0 Å². The molecule has 1 heterocycles. The van der Waals surface area contributed by atoms with Crippen molar-refractivity contribution in [1.82, 2.24) is 15.1 Å². The maximum Gasteiger partial charge on any atom is 0.0534 e. The first kappa shape index (κ1) is 10.7. The highest BCUT2D eigenvalue weighted by Gasteiger charge is 2.17. The first-order valence-corrected chi connectivity index (χ1v) is 5.99. The second-order valence-electron chi connectivity index (χ2n) is 4.90. The van der Waals surface area contributed by atoms with Gasteiger partial charge in [0.15, 0.2) is 0 Å². The fourth-order valence-electron chi connectivity index (χ4n) is 1.86. The third kappa shape index (κ3) is 3.06. The summed E-state index contributed by atoms with van der Waals surface area (Å²) in [6.07, 6.45) is 8.34. The van der Waals surface area contributed by atoms with Crippen LogP contribution in [0, 0.1) is 5.92 Å². The number of hydrogen-bond donors (Lipinski definition) is 1. The van der Waals surface area contributed by atoms with Gasteiger partial charge in [-0.15, -0.1) is 0 Å². The minimum absolute atomic E-state index is 0.542. The molecule has 1 saturated carbocycles. The molecule has 2 rings (SSSR count). The maximum atomic E-state index is 4.39. The largest absolute Gasteiger partial charge is 0.310 e.